The van der Waals surface area contributed by atoms with Crippen molar-refractivity contribution in [2.45, 2.75) is 38.8 Å². The summed E-state index contributed by atoms with van der Waals surface area (Å²) in [5, 5.41) is 0.508. The fourth-order valence-electron chi connectivity index (χ4n) is 1.61. The van der Waals surface area contributed by atoms with Crippen molar-refractivity contribution in [3.8, 4) is 0 Å². The summed E-state index contributed by atoms with van der Waals surface area (Å²) in [5.74, 6) is 0. The Balaban J connectivity index is 2.57. The number of nitrogens with zero attached hydrogens (tertiary/aromatic N) is 1. The minimum Gasteiger partial charge on any atom is -0.376 e. The van der Waals surface area contributed by atoms with Gasteiger partial charge in [0.05, 0.1) is 18.8 Å². The molecule has 0 aromatic carbocycles. The quantitative estimate of drug-likeness (QED) is 0.681. The molecule has 0 amide bonds. The Morgan fingerprint density at radius 2 is 2.23 bits per heavy atom. The molecule has 2 atom stereocenters. The summed E-state index contributed by atoms with van der Waals surface area (Å²) in [4.78, 5) is 2.09. The summed E-state index contributed by atoms with van der Waals surface area (Å²) in [6, 6.07) is 0.375. The van der Waals surface area contributed by atoms with Crippen LogP contribution in [0.2, 0.25) is 0 Å². The Bertz CT molecular complexity index is 186. The van der Waals surface area contributed by atoms with Crippen molar-refractivity contribution in [2.24, 2.45) is 5.73 Å². The molecule has 1 heterocycles. The minimum atomic E-state index is 0.296. The zero-order valence-electron chi connectivity index (χ0n) is 8.32. The highest BCUT2D eigenvalue weighted by atomic mass is 32.1. The topological polar surface area (TPSA) is 38.5 Å². The van der Waals surface area contributed by atoms with E-state index < -0.39 is 0 Å². The van der Waals surface area contributed by atoms with Crippen LogP contribution in [-0.2, 0) is 4.74 Å². The molecule has 1 fully saturated rings. The van der Waals surface area contributed by atoms with E-state index in [9.17, 15) is 0 Å². The van der Waals surface area contributed by atoms with Crippen LogP contribution in [0.3, 0.4) is 0 Å². The van der Waals surface area contributed by atoms with Gasteiger partial charge in [-0.3, -0.25) is 0 Å². The predicted molar refractivity (Wildman–Crippen MR) is 57.6 cm³/mol. The highest BCUT2D eigenvalue weighted by Gasteiger charge is 2.27. The molecule has 76 valence electrons. The SMILES string of the molecule is CCC1CN(C(N)=S)C(CC)CO1. The van der Waals surface area contributed by atoms with Crippen molar-refractivity contribution in [1.82, 2.24) is 4.90 Å². The maximum Gasteiger partial charge on any atom is 0.166 e. The Hall–Kier alpha value is -0.350. The summed E-state index contributed by atoms with van der Waals surface area (Å²) < 4.78 is 5.65. The fraction of sp³-hybridized carbons (Fsp3) is 0.889. The summed E-state index contributed by atoms with van der Waals surface area (Å²) in [6.07, 6.45) is 2.35. The second kappa shape index (κ2) is 4.77. The Morgan fingerprint density at radius 3 is 2.69 bits per heavy atom. The number of nitrogens with two attached hydrogens (primary N) is 1. The normalized spacial score (nSPS) is 28.9. The third kappa shape index (κ3) is 2.54. The highest BCUT2D eigenvalue weighted by molar-refractivity contribution is 7.80. The van der Waals surface area contributed by atoms with Crippen molar-refractivity contribution < 1.29 is 4.74 Å². The first-order valence-corrected chi connectivity index (χ1v) is 5.27. The van der Waals surface area contributed by atoms with Gasteiger partial charge < -0.3 is 15.4 Å². The second-order valence-corrected chi connectivity index (χ2v) is 3.83. The molecule has 1 saturated heterocycles. The van der Waals surface area contributed by atoms with Gasteiger partial charge in [0.1, 0.15) is 0 Å². The average Bonchev–Trinajstić information content (AvgIpc) is 2.16. The summed E-state index contributed by atoms with van der Waals surface area (Å²) >= 11 is 5.01. The fourth-order valence-corrected chi connectivity index (χ4v) is 1.84. The first kappa shape index (κ1) is 10.7. The van der Waals surface area contributed by atoms with Crippen molar-refractivity contribution in [3.05, 3.63) is 0 Å². The number of hydrogen-bond donors (Lipinski definition) is 1. The molecule has 13 heavy (non-hydrogen) atoms. The van der Waals surface area contributed by atoms with Crippen molar-refractivity contribution in [2.75, 3.05) is 13.2 Å². The van der Waals surface area contributed by atoms with E-state index in [1.807, 2.05) is 0 Å². The smallest absolute Gasteiger partial charge is 0.166 e. The van der Waals surface area contributed by atoms with Gasteiger partial charge in [0.2, 0.25) is 0 Å². The van der Waals surface area contributed by atoms with Crippen LogP contribution in [0.4, 0.5) is 0 Å². The Morgan fingerprint density at radius 1 is 1.54 bits per heavy atom. The molecule has 1 aliphatic rings. The first-order valence-electron chi connectivity index (χ1n) is 4.86. The van der Waals surface area contributed by atoms with Crippen molar-refractivity contribution >= 4 is 17.3 Å². The molecule has 0 saturated carbocycles. The predicted octanol–water partition coefficient (Wildman–Crippen LogP) is 1.12. The molecule has 4 heteroatoms. The van der Waals surface area contributed by atoms with Crippen LogP contribution in [0.5, 0.6) is 0 Å². The lowest BCUT2D eigenvalue weighted by atomic mass is 10.1. The molecule has 2 unspecified atom stereocenters. The van der Waals surface area contributed by atoms with Crippen LogP contribution in [0.25, 0.3) is 0 Å². The van der Waals surface area contributed by atoms with Crippen LogP contribution >= 0.6 is 12.2 Å². The largest absolute Gasteiger partial charge is 0.376 e. The molecule has 3 nitrogen and oxygen atoms in total. The lowest BCUT2D eigenvalue weighted by molar-refractivity contribution is -0.0388. The standard InChI is InChI=1S/C9H18N2OS/c1-3-7-6-12-8(4-2)5-11(7)9(10)13/h7-8H,3-6H2,1-2H3,(H2,10,13). The third-order valence-electron chi connectivity index (χ3n) is 2.58. The van der Waals surface area contributed by atoms with Gasteiger partial charge in [-0.25, -0.2) is 0 Å². The number of hydrogen-bond acceptors (Lipinski definition) is 2. The van der Waals surface area contributed by atoms with E-state index in [2.05, 4.69) is 18.7 Å². The molecule has 1 rings (SSSR count). The Kier molecular flexibility index (Phi) is 3.93. The number of morpholine rings is 1. The zero-order valence-corrected chi connectivity index (χ0v) is 9.14. The highest BCUT2D eigenvalue weighted by Crippen LogP contribution is 2.15. The van der Waals surface area contributed by atoms with Crippen LogP contribution in [-0.4, -0.2) is 35.3 Å². The van der Waals surface area contributed by atoms with E-state index >= 15 is 0 Å². The van der Waals surface area contributed by atoms with Gasteiger partial charge in [-0.15, -0.1) is 0 Å². The maximum absolute atomic E-state index is 5.65. The van der Waals surface area contributed by atoms with Crippen LogP contribution in [0.1, 0.15) is 26.7 Å². The number of thiocarbonyl (C=S) groups is 1. The van der Waals surface area contributed by atoms with Gasteiger partial charge in [0, 0.05) is 6.54 Å². The molecular weight excluding hydrogens is 184 g/mol. The molecule has 0 aromatic rings. The lowest BCUT2D eigenvalue weighted by Crippen LogP contribution is -2.53. The number of ether oxygens (including phenoxy) is 1. The van der Waals surface area contributed by atoms with E-state index in [1.54, 1.807) is 0 Å². The van der Waals surface area contributed by atoms with Crippen LogP contribution in [0, 0.1) is 0 Å². The van der Waals surface area contributed by atoms with Gasteiger partial charge >= 0.3 is 0 Å². The maximum atomic E-state index is 5.65. The molecule has 0 bridgehead atoms. The molecule has 0 aliphatic carbocycles. The molecular formula is C9H18N2OS. The van der Waals surface area contributed by atoms with E-state index in [0.717, 1.165) is 26.0 Å². The molecule has 1 aliphatic heterocycles. The van der Waals surface area contributed by atoms with Gasteiger partial charge in [-0.2, -0.15) is 0 Å². The molecule has 0 radical (unpaired) electrons. The summed E-state index contributed by atoms with van der Waals surface area (Å²) in [7, 11) is 0. The van der Waals surface area contributed by atoms with E-state index in [4.69, 9.17) is 22.7 Å². The van der Waals surface area contributed by atoms with Gasteiger partial charge in [-0.05, 0) is 25.1 Å². The lowest BCUT2D eigenvalue weighted by Gasteiger charge is -2.39. The van der Waals surface area contributed by atoms with Crippen molar-refractivity contribution in [3.63, 3.8) is 0 Å². The molecule has 2 N–H and O–H groups in total. The van der Waals surface area contributed by atoms with Crippen molar-refractivity contribution in [1.29, 1.82) is 0 Å². The van der Waals surface area contributed by atoms with E-state index in [-0.39, 0.29) is 0 Å². The third-order valence-corrected chi connectivity index (χ3v) is 2.81. The van der Waals surface area contributed by atoms with Gasteiger partial charge in [-0.1, -0.05) is 13.8 Å². The summed E-state index contributed by atoms with van der Waals surface area (Å²) in [6.45, 7) is 5.86. The van der Waals surface area contributed by atoms with E-state index in [0.29, 0.717) is 17.3 Å². The Labute approximate surface area is 85.2 Å². The zero-order chi connectivity index (χ0) is 9.84. The van der Waals surface area contributed by atoms with Crippen LogP contribution in [0.15, 0.2) is 0 Å². The van der Waals surface area contributed by atoms with Crippen LogP contribution < -0.4 is 5.73 Å². The number of rotatable bonds is 2. The summed E-state index contributed by atoms with van der Waals surface area (Å²) in [5.41, 5.74) is 5.65. The second-order valence-electron chi connectivity index (χ2n) is 3.42. The van der Waals surface area contributed by atoms with E-state index in [1.165, 1.54) is 0 Å². The first-order chi connectivity index (χ1) is 6.19. The average molecular weight is 202 g/mol. The molecule has 0 aromatic heterocycles. The van der Waals surface area contributed by atoms with Gasteiger partial charge in [0.15, 0.2) is 5.11 Å². The monoisotopic (exact) mass is 202 g/mol. The minimum absolute atomic E-state index is 0.296. The van der Waals surface area contributed by atoms with Gasteiger partial charge in [0.25, 0.3) is 0 Å². The molecule has 0 spiro atoms.